The van der Waals surface area contributed by atoms with Crippen LogP contribution in [0.3, 0.4) is 0 Å². The average molecular weight is 856 g/mol. The van der Waals surface area contributed by atoms with Gasteiger partial charge in [-0.05, 0) is 34.4 Å². The minimum absolute atomic E-state index is 0.654. The summed E-state index contributed by atoms with van der Waals surface area (Å²) in [7, 11) is 0. The molecule has 0 bridgehead atoms. The summed E-state index contributed by atoms with van der Waals surface area (Å²) in [6.45, 7) is 0. The van der Waals surface area contributed by atoms with Crippen molar-refractivity contribution in [1.29, 1.82) is 0 Å². The third-order valence-corrected chi connectivity index (χ3v) is 12.5. The van der Waals surface area contributed by atoms with Crippen LogP contribution >= 0.6 is 0 Å². The molecule has 0 radical (unpaired) electrons. The molecule has 0 spiro atoms. The summed E-state index contributed by atoms with van der Waals surface area (Å²) in [4.78, 5) is 16.1. The second-order valence-corrected chi connectivity index (χ2v) is 16.7. The molecular formula is C63H41N3O. The number of fused-ring (bicyclic) bond motifs is 3. The van der Waals surface area contributed by atoms with E-state index in [0.717, 1.165) is 117 Å². The molecule has 12 aromatic rings. The Morgan fingerprint density at radius 2 is 0.672 bits per heavy atom. The lowest BCUT2D eigenvalue weighted by atomic mass is 9.83. The second kappa shape index (κ2) is 17.2. The summed E-state index contributed by atoms with van der Waals surface area (Å²) < 4.78 is 6.40. The highest BCUT2D eigenvalue weighted by molar-refractivity contribution is 6.10. The first-order valence-electron chi connectivity index (χ1n) is 22.6. The molecule has 0 fully saturated rings. The Morgan fingerprint density at radius 1 is 0.269 bits per heavy atom. The highest BCUT2D eigenvalue weighted by Crippen LogP contribution is 2.49. The minimum Gasteiger partial charge on any atom is -0.455 e. The lowest BCUT2D eigenvalue weighted by Crippen LogP contribution is -2.01. The van der Waals surface area contributed by atoms with Crippen molar-refractivity contribution in [2.24, 2.45) is 0 Å². The molecule has 0 amide bonds. The zero-order valence-electron chi connectivity index (χ0n) is 36.4. The van der Waals surface area contributed by atoms with Crippen LogP contribution in [-0.2, 0) is 0 Å². The van der Waals surface area contributed by atoms with Crippen molar-refractivity contribution in [3.63, 3.8) is 0 Å². The molecule has 0 aliphatic rings. The molecule has 67 heavy (non-hydrogen) atoms. The number of para-hydroxylation sites is 2. The fraction of sp³-hybridized carbons (Fsp3) is 0. The van der Waals surface area contributed by atoms with Crippen LogP contribution in [0.1, 0.15) is 0 Å². The Labute approximate surface area is 389 Å². The Balaban J connectivity index is 1.02. The molecule has 4 heteroatoms. The monoisotopic (exact) mass is 855 g/mol. The van der Waals surface area contributed by atoms with Crippen molar-refractivity contribution in [3.05, 3.63) is 249 Å². The van der Waals surface area contributed by atoms with E-state index in [1.807, 2.05) is 18.2 Å². The highest BCUT2D eigenvalue weighted by atomic mass is 16.3. The third-order valence-electron chi connectivity index (χ3n) is 12.5. The maximum absolute atomic E-state index is 6.40. The molecule has 314 valence electrons. The van der Waals surface area contributed by atoms with Gasteiger partial charge >= 0.3 is 0 Å². The van der Waals surface area contributed by atoms with Crippen LogP contribution in [0.15, 0.2) is 253 Å². The third kappa shape index (κ3) is 7.47. The highest BCUT2D eigenvalue weighted by Gasteiger charge is 2.25. The first kappa shape index (κ1) is 39.6. The molecule has 0 saturated heterocycles. The van der Waals surface area contributed by atoms with Crippen molar-refractivity contribution in [2.45, 2.75) is 0 Å². The Hall–Kier alpha value is -8.99. The molecular weight excluding hydrogens is 815 g/mol. The fourth-order valence-corrected chi connectivity index (χ4v) is 9.32. The summed E-state index contributed by atoms with van der Waals surface area (Å²) in [5.74, 6) is 0.654. The van der Waals surface area contributed by atoms with Gasteiger partial charge in [-0.3, -0.25) is 0 Å². The number of pyridine rings is 1. The molecule has 0 atom stereocenters. The summed E-state index contributed by atoms with van der Waals surface area (Å²) in [6.07, 6.45) is 0. The number of hydrogen-bond donors (Lipinski definition) is 0. The van der Waals surface area contributed by atoms with E-state index in [1.165, 1.54) is 0 Å². The molecule has 3 heterocycles. The largest absolute Gasteiger partial charge is 0.455 e. The van der Waals surface area contributed by atoms with Gasteiger partial charge in [-0.15, -0.1) is 0 Å². The maximum atomic E-state index is 6.40. The van der Waals surface area contributed by atoms with Crippen LogP contribution in [0.5, 0.6) is 0 Å². The summed E-state index contributed by atoms with van der Waals surface area (Å²) >= 11 is 0. The molecule has 12 rings (SSSR count). The van der Waals surface area contributed by atoms with E-state index in [2.05, 4.69) is 231 Å². The molecule has 0 N–H and O–H groups in total. The normalized spacial score (nSPS) is 11.3. The van der Waals surface area contributed by atoms with E-state index < -0.39 is 0 Å². The fourth-order valence-electron chi connectivity index (χ4n) is 9.32. The number of furan rings is 1. The lowest BCUT2D eigenvalue weighted by Gasteiger charge is -2.23. The van der Waals surface area contributed by atoms with E-state index >= 15 is 0 Å². The Morgan fingerprint density at radius 3 is 1.22 bits per heavy atom. The van der Waals surface area contributed by atoms with Gasteiger partial charge < -0.3 is 4.42 Å². The van der Waals surface area contributed by atoms with Gasteiger partial charge in [-0.2, -0.15) is 0 Å². The standard InChI is InChI=1S/C63H41N3O/c1-6-19-43(20-7-1)54-41-55(65-63(64-54)50-39-33-42(34-40-50)51-30-18-31-53-52-29-16-17-32-56(52)67-62(51)53)44-35-37-47(38-36-44)57-58(45-21-8-2-9-22-45)60(48-25-12-4-13-26-48)66-61(49-27-14-5-15-28-49)59(57)46-23-10-3-11-24-46/h1-41H. The van der Waals surface area contributed by atoms with Crippen molar-refractivity contribution in [3.8, 4) is 101 Å². The van der Waals surface area contributed by atoms with Gasteiger partial charge in [0.1, 0.15) is 11.2 Å². The maximum Gasteiger partial charge on any atom is 0.160 e. The van der Waals surface area contributed by atoms with Crippen molar-refractivity contribution in [2.75, 3.05) is 0 Å². The summed E-state index contributed by atoms with van der Waals surface area (Å²) in [5, 5.41) is 2.22. The van der Waals surface area contributed by atoms with Crippen LogP contribution in [0, 0.1) is 0 Å². The molecule has 3 aromatic heterocycles. The van der Waals surface area contributed by atoms with E-state index in [9.17, 15) is 0 Å². The van der Waals surface area contributed by atoms with Gasteiger partial charge in [0.05, 0.1) is 22.8 Å². The van der Waals surface area contributed by atoms with Crippen molar-refractivity contribution >= 4 is 21.9 Å². The number of benzene rings is 9. The van der Waals surface area contributed by atoms with Gasteiger partial charge in [-0.25, -0.2) is 15.0 Å². The predicted molar refractivity (Wildman–Crippen MR) is 276 cm³/mol. The van der Waals surface area contributed by atoms with Crippen LogP contribution < -0.4 is 0 Å². The molecule has 9 aromatic carbocycles. The number of rotatable bonds is 9. The number of nitrogens with zero attached hydrogens (tertiary/aromatic N) is 3. The van der Waals surface area contributed by atoms with E-state index in [1.54, 1.807) is 0 Å². The zero-order valence-corrected chi connectivity index (χ0v) is 36.4. The van der Waals surface area contributed by atoms with Crippen LogP contribution in [0.2, 0.25) is 0 Å². The van der Waals surface area contributed by atoms with Gasteiger partial charge in [-0.1, -0.05) is 237 Å². The summed E-state index contributed by atoms with van der Waals surface area (Å²) in [6, 6.07) is 86.8. The number of aromatic nitrogens is 3. The molecule has 0 aliphatic carbocycles. The van der Waals surface area contributed by atoms with Crippen molar-refractivity contribution < 1.29 is 4.42 Å². The molecule has 0 saturated carbocycles. The quantitative estimate of drug-likeness (QED) is 0.145. The van der Waals surface area contributed by atoms with Gasteiger partial charge in [0.15, 0.2) is 5.82 Å². The predicted octanol–water partition coefficient (Wildman–Crippen LogP) is 16.8. The van der Waals surface area contributed by atoms with E-state index in [-0.39, 0.29) is 0 Å². The lowest BCUT2D eigenvalue weighted by molar-refractivity contribution is 0.670. The van der Waals surface area contributed by atoms with E-state index in [4.69, 9.17) is 19.4 Å². The second-order valence-electron chi connectivity index (χ2n) is 16.7. The Kier molecular flexibility index (Phi) is 10.2. The van der Waals surface area contributed by atoms with Gasteiger partial charge in [0.2, 0.25) is 0 Å². The van der Waals surface area contributed by atoms with Crippen LogP contribution in [0.4, 0.5) is 0 Å². The number of hydrogen-bond acceptors (Lipinski definition) is 4. The first-order chi connectivity index (χ1) is 33.2. The molecule has 0 aliphatic heterocycles. The molecule has 4 nitrogen and oxygen atoms in total. The first-order valence-corrected chi connectivity index (χ1v) is 22.6. The smallest absolute Gasteiger partial charge is 0.160 e. The SMILES string of the molecule is c1ccc(-c2cc(-c3ccc(-c4c(-c5ccccc5)c(-c5ccccc5)nc(-c5ccccc5)c4-c4ccccc4)cc3)nc(-c3ccc(-c4cccc5c4oc4ccccc45)cc3)n2)cc1. The average Bonchev–Trinajstić information content (AvgIpc) is 3.81. The van der Waals surface area contributed by atoms with Crippen molar-refractivity contribution in [1.82, 2.24) is 15.0 Å². The summed E-state index contributed by atoms with van der Waals surface area (Å²) in [5.41, 5.74) is 19.0. The topological polar surface area (TPSA) is 51.8 Å². The van der Waals surface area contributed by atoms with Gasteiger partial charge in [0, 0.05) is 60.8 Å². The zero-order chi connectivity index (χ0) is 44.5. The Bertz CT molecular complexity index is 3580. The molecule has 0 unspecified atom stereocenters. The van der Waals surface area contributed by atoms with E-state index in [0.29, 0.717) is 5.82 Å². The minimum atomic E-state index is 0.654. The van der Waals surface area contributed by atoms with Crippen LogP contribution in [-0.4, -0.2) is 15.0 Å². The van der Waals surface area contributed by atoms with Gasteiger partial charge in [0.25, 0.3) is 0 Å². The van der Waals surface area contributed by atoms with Crippen LogP contribution in [0.25, 0.3) is 123 Å².